The molecule has 0 aromatic heterocycles. The Bertz CT molecular complexity index is 419. The summed E-state index contributed by atoms with van der Waals surface area (Å²) in [6.45, 7) is 6.36. The highest BCUT2D eigenvalue weighted by atomic mass is 16.5. The summed E-state index contributed by atoms with van der Waals surface area (Å²) in [5.41, 5.74) is 9.66. The number of rotatable bonds is 6. The van der Waals surface area contributed by atoms with Gasteiger partial charge in [-0.05, 0) is 49.4 Å². The molecule has 1 aromatic rings. The molecule has 0 fully saturated rings. The summed E-state index contributed by atoms with van der Waals surface area (Å²) >= 11 is 0. The molecule has 106 valence electrons. The van der Waals surface area contributed by atoms with E-state index in [4.69, 9.17) is 10.5 Å². The summed E-state index contributed by atoms with van der Waals surface area (Å²) < 4.78 is 5.27. The first-order valence-corrected chi connectivity index (χ1v) is 7.30. The van der Waals surface area contributed by atoms with Crippen molar-refractivity contribution in [1.82, 2.24) is 4.90 Å². The van der Waals surface area contributed by atoms with Gasteiger partial charge in [-0.15, -0.1) is 0 Å². The Hall–Kier alpha value is -1.06. The number of nitrogen functional groups attached to an aromatic ring is 1. The third kappa shape index (κ3) is 3.10. The molecule has 2 N–H and O–H groups in total. The number of anilines is 1. The Labute approximate surface area is 116 Å². The minimum Gasteiger partial charge on any atom is -0.399 e. The second-order valence-electron chi connectivity index (χ2n) is 5.50. The SMILES string of the molecule is CCC(C)N(CCOC)C1CCc2cc(N)ccc21. The second kappa shape index (κ2) is 6.40. The van der Waals surface area contributed by atoms with Gasteiger partial charge in [0.05, 0.1) is 6.61 Å². The van der Waals surface area contributed by atoms with Crippen LogP contribution >= 0.6 is 0 Å². The Balaban J connectivity index is 2.20. The lowest BCUT2D eigenvalue weighted by molar-refractivity contribution is 0.0878. The molecule has 0 saturated carbocycles. The van der Waals surface area contributed by atoms with Crippen LogP contribution in [-0.2, 0) is 11.2 Å². The van der Waals surface area contributed by atoms with Gasteiger partial charge in [0.1, 0.15) is 0 Å². The average Bonchev–Trinajstić information content (AvgIpc) is 2.81. The lowest BCUT2D eigenvalue weighted by Crippen LogP contribution is -2.37. The van der Waals surface area contributed by atoms with Crippen molar-refractivity contribution in [2.24, 2.45) is 0 Å². The van der Waals surface area contributed by atoms with Crippen molar-refractivity contribution in [3.8, 4) is 0 Å². The van der Waals surface area contributed by atoms with Gasteiger partial charge >= 0.3 is 0 Å². The van der Waals surface area contributed by atoms with Crippen molar-refractivity contribution in [3.63, 3.8) is 0 Å². The van der Waals surface area contributed by atoms with E-state index in [9.17, 15) is 0 Å². The maximum atomic E-state index is 5.88. The van der Waals surface area contributed by atoms with Crippen molar-refractivity contribution in [1.29, 1.82) is 0 Å². The zero-order chi connectivity index (χ0) is 13.8. The molecule has 1 aromatic carbocycles. The number of fused-ring (bicyclic) bond motifs is 1. The summed E-state index contributed by atoms with van der Waals surface area (Å²) in [4.78, 5) is 2.59. The molecule has 0 bridgehead atoms. The molecule has 2 rings (SSSR count). The maximum absolute atomic E-state index is 5.88. The van der Waals surface area contributed by atoms with Gasteiger partial charge < -0.3 is 10.5 Å². The first-order chi connectivity index (χ1) is 9.17. The smallest absolute Gasteiger partial charge is 0.0590 e. The Kier molecular flexibility index (Phi) is 4.83. The van der Waals surface area contributed by atoms with Crippen LogP contribution in [0.1, 0.15) is 43.9 Å². The normalized spacial score (nSPS) is 19.7. The minimum atomic E-state index is 0.528. The van der Waals surface area contributed by atoms with E-state index in [0.29, 0.717) is 12.1 Å². The molecule has 1 aliphatic carbocycles. The quantitative estimate of drug-likeness (QED) is 0.801. The molecule has 0 aliphatic heterocycles. The molecule has 2 atom stereocenters. The van der Waals surface area contributed by atoms with E-state index < -0.39 is 0 Å². The zero-order valence-corrected chi connectivity index (χ0v) is 12.4. The monoisotopic (exact) mass is 262 g/mol. The highest BCUT2D eigenvalue weighted by molar-refractivity contribution is 5.47. The number of nitrogens with zero attached hydrogens (tertiary/aromatic N) is 1. The molecule has 0 spiro atoms. The van der Waals surface area contributed by atoms with Crippen LogP contribution in [0.5, 0.6) is 0 Å². The molecule has 1 aliphatic rings. The topological polar surface area (TPSA) is 38.5 Å². The van der Waals surface area contributed by atoms with Crippen LogP contribution < -0.4 is 5.73 Å². The van der Waals surface area contributed by atoms with Crippen LogP contribution in [0, 0.1) is 0 Å². The van der Waals surface area contributed by atoms with Crippen molar-refractivity contribution >= 4 is 5.69 Å². The number of aryl methyl sites for hydroxylation is 1. The number of ether oxygens (including phenoxy) is 1. The summed E-state index contributed by atoms with van der Waals surface area (Å²) in [6.07, 6.45) is 3.52. The minimum absolute atomic E-state index is 0.528. The van der Waals surface area contributed by atoms with E-state index in [-0.39, 0.29) is 0 Å². The predicted octanol–water partition coefficient (Wildman–Crippen LogP) is 3.00. The van der Waals surface area contributed by atoms with Gasteiger partial charge in [-0.3, -0.25) is 4.90 Å². The predicted molar refractivity (Wildman–Crippen MR) is 80.3 cm³/mol. The summed E-state index contributed by atoms with van der Waals surface area (Å²) in [5.74, 6) is 0. The van der Waals surface area contributed by atoms with Gasteiger partial charge in [-0.1, -0.05) is 13.0 Å². The number of methoxy groups -OCH3 is 1. The van der Waals surface area contributed by atoms with Crippen LogP contribution in [0.15, 0.2) is 18.2 Å². The van der Waals surface area contributed by atoms with Crippen molar-refractivity contribution in [2.75, 3.05) is 26.0 Å². The lowest BCUT2D eigenvalue weighted by atomic mass is 10.0. The van der Waals surface area contributed by atoms with Gasteiger partial charge in [-0.25, -0.2) is 0 Å². The first kappa shape index (κ1) is 14.4. The lowest BCUT2D eigenvalue weighted by Gasteiger charge is -2.34. The Morgan fingerprint density at radius 2 is 2.26 bits per heavy atom. The highest BCUT2D eigenvalue weighted by Crippen LogP contribution is 2.37. The van der Waals surface area contributed by atoms with E-state index in [2.05, 4.69) is 30.9 Å². The van der Waals surface area contributed by atoms with Gasteiger partial charge in [0.2, 0.25) is 0 Å². The molecule has 0 amide bonds. The Morgan fingerprint density at radius 3 is 2.95 bits per heavy atom. The van der Waals surface area contributed by atoms with Crippen molar-refractivity contribution in [2.45, 2.75) is 45.2 Å². The molecule has 0 saturated heterocycles. The molecule has 3 heteroatoms. The highest BCUT2D eigenvalue weighted by Gasteiger charge is 2.29. The van der Waals surface area contributed by atoms with Crippen molar-refractivity contribution in [3.05, 3.63) is 29.3 Å². The molecule has 0 heterocycles. The summed E-state index contributed by atoms with van der Waals surface area (Å²) in [7, 11) is 1.78. The van der Waals surface area contributed by atoms with Gasteiger partial charge in [0, 0.05) is 31.4 Å². The number of hydrogen-bond donors (Lipinski definition) is 1. The molecule has 2 unspecified atom stereocenters. The fourth-order valence-electron chi connectivity index (χ4n) is 3.07. The molecular weight excluding hydrogens is 236 g/mol. The third-order valence-electron chi connectivity index (χ3n) is 4.32. The number of hydrogen-bond acceptors (Lipinski definition) is 3. The standard InChI is InChI=1S/C16H26N2O/c1-4-12(2)18(9-10-19-3)16-8-5-13-11-14(17)6-7-15(13)16/h6-7,11-12,16H,4-5,8-10,17H2,1-3H3. The molecular formula is C16H26N2O. The maximum Gasteiger partial charge on any atom is 0.0590 e. The van der Waals surface area contributed by atoms with Gasteiger partial charge in [0.15, 0.2) is 0 Å². The largest absolute Gasteiger partial charge is 0.399 e. The number of benzene rings is 1. The summed E-state index contributed by atoms with van der Waals surface area (Å²) in [5, 5.41) is 0. The van der Waals surface area contributed by atoms with E-state index in [1.54, 1.807) is 7.11 Å². The fraction of sp³-hybridized carbons (Fsp3) is 0.625. The van der Waals surface area contributed by atoms with Crippen LogP contribution in [-0.4, -0.2) is 31.2 Å². The van der Waals surface area contributed by atoms with E-state index in [1.165, 1.54) is 24.0 Å². The first-order valence-electron chi connectivity index (χ1n) is 7.30. The Morgan fingerprint density at radius 1 is 1.47 bits per heavy atom. The molecule has 0 radical (unpaired) electrons. The second-order valence-corrected chi connectivity index (χ2v) is 5.50. The molecule has 19 heavy (non-hydrogen) atoms. The molecule has 3 nitrogen and oxygen atoms in total. The van der Waals surface area contributed by atoms with E-state index >= 15 is 0 Å². The zero-order valence-electron chi connectivity index (χ0n) is 12.4. The number of nitrogens with two attached hydrogens (primary N) is 1. The average molecular weight is 262 g/mol. The van der Waals surface area contributed by atoms with Crippen LogP contribution in [0.3, 0.4) is 0 Å². The van der Waals surface area contributed by atoms with Crippen LogP contribution in [0.25, 0.3) is 0 Å². The van der Waals surface area contributed by atoms with Crippen LogP contribution in [0.4, 0.5) is 5.69 Å². The van der Waals surface area contributed by atoms with Crippen molar-refractivity contribution < 1.29 is 4.74 Å². The summed E-state index contributed by atoms with van der Waals surface area (Å²) in [6, 6.07) is 7.50. The van der Waals surface area contributed by atoms with E-state index in [0.717, 1.165) is 25.3 Å². The fourth-order valence-corrected chi connectivity index (χ4v) is 3.07. The third-order valence-corrected chi connectivity index (χ3v) is 4.32. The van der Waals surface area contributed by atoms with E-state index in [1.807, 2.05) is 6.07 Å². The van der Waals surface area contributed by atoms with Crippen LogP contribution in [0.2, 0.25) is 0 Å². The van der Waals surface area contributed by atoms with Gasteiger partial charge in [0.25, 0.3) is 0 Å². The van der Waals surface area contributed by atoms with Gasteiger partial charge in [-0.2, -0.15) is 0 Å².